The Morgan fingerprint density at radius 2 is 1.69 bits per heavy atom. The van der Waals surface area contributed by atoms with Gasteiger partial charge in [0.1, 0.15) is 12.4 Å². The van der Waals surface area contributed by atoms with Crippen LogP contribution in [0.25, 0.3) is 11.6 Å². The molecule has 3 aromatic carbocycles. The molecule has 0 spiro atoms. The van der Waals surface area contributed by atoms with Crippen LogP contribution in [0.5, 0.6) is 5.75 Å². The summed E-state index contributed by atoms with van der Waals surface area (Å²) in [7, 11) is 0. The molecule has 0 amide bonds. The molecule has 0 radical (unpaired) electrons. The minimum Gasteiger partial charge on any atom is -0.488 e. The third-order valence-electron chi connectivity index (χ3n) is 4.46. The topological polar surface area (TPSA) is 33.0 Å². The summed E-state index contributed by atoms with van der Waals surface area (Å²) >= 11 is 15.6. The molecule has 0 N–H and O–H groups in total. The lowest BCUT2D eigenvalue weighted by Gasteiger charge is -2.14. The first-order valence-electron chi connectivity index (χ1n) is 8.93. The van der Waals surface area contributed by atoms with Gasteiger partial charge in [-0.1, -0.05) is 57.3 Å². The number of nitriles is 1. The van der Waals surface area contributed by atoms with Gasteiger partial charge < -0.3 is 4.74 Å². The van der Waals surface area contributed by atoms with Gasteiger partial charge in [0, 0.05) is 20.1 Å². The Kier molecular flexibility index (Phi) is 7.03. The van der Waals surface area contributed by atoms with Crippen molar-refractivity contribution in [1.82, 2.24) is 0 Å². The van der Waals surface area contributed by atoms with Gasteiger partial charge in [-0.25, -0.2) is 0 Å². The van der Waals surface area contributed by atoms with E-state index in [0.29, 0.717) is 22.2 Å². The molecule has 0 fully saturated rings. The molecule has 0 aliphatic carbocycles. The first-order valence-corrected chi connectivity index (χ1v) is 10.5. The summed E-state index contributed by atoms with van der Waals surface area (Å²) in [5.41, 5.74) is 5.31. The van der Waals surface area contributed by atoms with Crippen molar-refractivity contribution in [3.05, 3.63) is 96.9 Å². The molecule has 0 aliphatic rings. The smallest absolute Gasteiger partial charge is 0.125 e. The molecule has 0 saturated carbocycles. The minimum absolute atomic E-state index is 0.356. The second kappa shape index (κ2) is 9.50. The van der Waals surface area contributed by atoms with Crippen molar-refractivity contribution in [2.24, 2.45) is 0 Å². The van der Waals surface area contributed by atoms with Crippen molar-refractivity contribution in [2.45, 2.75) is 20.5 Å². The Morgan fingerprint density at radius 1 is 1.03 bits per heavy atom. The molecule has 0 aromatic heterocycles. The summed E-state index contributed by atoms with van der Waals surface area (Å²) in [4.78, 5) is 0. The van der Waals surface area contributed by atoms with Gasteiger partial charge in [-0.05, 0) is 78.6 Å². The van der Waals surface area contributed by atoms with Crippen LogP contribution in [0.4, 0.5) is 0 Å². The summed E-state index contributed by atoms with van der Waals surface area (Å²) in [6.07, 6.45) is 1.89. The van der Waals surface area contributed by atoms with Crippen molar-refractivity contribution in [1.29, 1.82) is 5.26 Å². The monoisotopic (exact) mass is 485 g/mol. The molecule has 146 valence electrons. The SMILES string of the molecule is Cc1cc(/C=C(\C#N)c2ccc(Br)cc2)cc(C)c1OCc1ccc(Cl)cc1Cl. The number of hydrogen-bond acceptors (Lipinski definition) is 2. The number of benzene rings is 3. The Hall–Kier alpha value is -2.25. The predicted octanol–water partition coefficient (Wildman–Crippen LogP) is 8.02. The van der Waals surface area contributed by atoms with Gasteiger partial charge in [0.2, 0.25) is 0 Å². The Morgan fingerprint density at radius 3 is 2.28 bits per heavy atom. The van der Waals surface area contributed by atoms with E-state index in [2.05, 4.69) is 22.0 Å². The van der Waals surface area contributed by atoms with Crippen LogP contribution in [0, 0.1) is 25.2 Å². The van der Waals surface area contributed by atoms with Gasteiger partial charge in [-0.15, -0.1) is 0 Å². The van der Waals surface area contributed by atoms with E-state index in [-0.39, 0.29) is 0 Å². The lowest BCUT2D eigenvalue weighted by molar-refractivity contribution is 0.302. The second-order valence-electron chi connectivity index (χ2n) is 6.68. The molecule has 0 unspecified atom stereocenters. The number of ether oxygens (including phenoxy) is 1. The number of hydrogen-bond donors (Lipinski definition) is 0. The maximum atomic E-state index is 9.58. The number of allylic oxidation sites excluding steroid dienone is 1. The molecule has 5 heteroatoms. The average molecular weight is 487 g/mol. The Labute approximate surface area is 189 Å². The van der Waals surface area contributed by atoms with Crippen LogP contribution in [0.3, 0.4) is 0 Å². The molecular formula is C24H18BrCl2NO. The minimum atomic E-state index is 0.356. The molecule has 2 nitrogen and oxygen atoms in total. The quantitative estimate of drug-likeness (QED) is 0.270. The zero-order valence-corrected chi connectivity index (χ0v) is 19.1. The maximum absolute atomic E-state index is 9.58. The summed E-state index contributed by atoms with van der Waals surface area (Å²) in [6.45, 7) is 4.35. The number of aryl methyl sites for hydroxylation is 2. The van der Waals surface area contributed by atoms with Crippen molar-refractivity contribution in [3.8, 4) is 11.8 Å². The first kappa shape index (κ1) is 21.5. The lowest BCUT2D eigenvalue weighted by atomic mass is 10.0. The van der Waals surface area contributed by atoms with E-state index in [1.54, 1.807) is 12.1 Å². The highest BCUT2D eigenvalue weighted by atomic mass is 79.9. The van der Waals surface area contributed by atoms with Crippen molar-refractivity contribution in [3.63, 3.8) is 0 Å². The van der Waals surface area contributed by atoms with E-state index in [4.69, 9.17) is 27.9 Å². The van der Waals surface area contributed by atoms with Crippen LogP contribution in [0.2, 0.25) is 10.0 Å². The van der Waals surface area contributed by atoms with Crippen LogP contribution in [0.15, 0.2) is 59.1 Å². The summed E-state index contributed by atoms with van der Waals surface area (Å²) < 4.78 is 7.02. The maximum Gasteiger partial charge on any atom is 0.125 e. The molecule has 0 bridgehead atoms. The van der Waals surface area contributed by atoms with Crippen LogP contribution in [-0.4, -0.2) is 0 Å². The van der Waals surface area contributed by atoms with Crippen LogP contribution in [-0.2, 0) is 6.61 Å². The van der Waals surface area contributed by atoms with Crippen molar-refractivity contribution in [2.75, 3.05) is 0 Å². The molecule has 0 saturated heterocycles. The standard InChI is InChI=1S/C24H18BrCl2NO/c1-15-9-17(11-20(13-28)18-3-6-21(25)7-4-18)10-16(2)24(15)29-14-19-5-8-22(26)12-23(19)27/h3-12H,14H2,1-2H3/b20-11+. The highest BCUT2D eigenvalue weighted by Crippen LogP contribution is 2.29. The fourth-order valence-corrected chi connectivity index (χ4v) is 3.79. The molecule has 29 heavy (non-hydrogen) atoms. The van der Waals surface area contributed by atoms with Gasteiger partial charge >= 0.3 is 0 Å². The molecule has 0 heterocycles. The lowest BCUT2D eigenvalue weighted by Crippen LogP contribution is -2.00. The van der Waals surface area contributed by atoms with Gasteiger partial charge in [0.15, 0.2) is 0 Å². The van der Waals surface area contributed by atoms with Crippen LogP contribution in [0.1, 0.15) is 27.8 Å². The number of nitrogens with zero attached hydrogens (tertiary/aromatic N) is 1. The fraction of sp³-hybridized carbons (Fsp3) is 0.125. The van der Waals surface area contributed by atoms with Crippen molar-refractivity contribution >= 4 is 50.8 Å². The van der Waals surface area contributed by atoms with E-state index < -0.39 is 0 Å². The third-order valence-corrected chi connectivity index (χ3v) is 5.57. The summed E-state index contributed by atoms with van der Waals surface area (Å²) in [5.74, 6) is 0.815. The molecule has 0 atom stereocenters. The normalized spacial score (nSPS) is 11.2. The van der Waals surface area contributed by atoms with E-state index in [1.165, 1.54) is 0 Å². The van der Waals surface area contributed by atoms with Gasteiger partial charge in [-0.3, -0.25) is 0 Å². The number of halogens is 3. The Bertz CT molecular complexity index is 1090. The zero-order valence-electron chi connectivity index (χ0n) is 16.0. The molecular weight excluding hydrogens is 469 g/mol. The third kappa shape index (κ3) is 5.42. The Balaban J connectivity index is 1.85. The van der Waals surface area contributed by atoms with E-state index in [9.17, 15) is 5.26 Å². The average Bonchev–Trinajstić information content (AvgIpc) is 2.67. The van der Waals surface area contributed by atoms with E-state index in [0.717, 1.165) is 38.0 Å². The highest BCUT2D eigenvalue weighted by molar-refractivity contribution is 9.10. The summed E-state index contributed by atoms with van der Waals surface area (Å²) in [5, 5.41) is 10.8. The molecule has 3 aromatic rings. The van der Waals surface area contributed by atoms with E-state index in [1.807, 2.05) is 62.4 Å². The fourth-order valence-electron chi connectivity index (χ4n) is 3.06. The van der Waals surface area contributed by atoms with E-state index >= 15 is 0 Å². The predicted molar refractivity (Wildman–Crippen MR) is 124 cm³/mol. The van der Waals surface area contributed by atoms with Crippen LogP contribution < -0.4 is 4.74 Å². The molecule has 3 rings (SSSR count). The van der Waals surface area contributed by atoms with Gasteiger partial charge in [0.25, 0.3) is 0 Å². The highest BCUT2D eigenvalue weighted by Gasteiger charge is 2.09. The van der Waals surface area contributed by atoms with Crippen molar-refractivity contribution < 1.29 is 4.74 Å². The summed E-state index contributed by atoms with van der Waals surface area (Å²) in [6, 6.07) is 19.4. The number of rotatable bonds is 5. The first-order chi connectivity index (χ1) is 13.9. The van der Waals surface area contributed by atoms with Crippen LogP contribution >= 0.6 is 39.1 Å². The molecule has 0 aliphatic heterocycles. The van der Waals surface area contributed by atoms with Gasteiger partial charge in [-0.2, -0.15) is 5.26 Å². The second-order valence-corrected chi connectivity index (χ2v) is 8.44. The van der Waals surface area contributed by atoms with Gasteiger partial charge in [0.05, 0.1) is 11.6 Å². The zero-order chi connectivity index (χ0) is 21.0. The largest absolute Gasteiger partial charge is 0.488 e.